The maximum Gasteiger partial charge on any atom is 0.119 e. The largest absolute Gasteiger partial charge is 0.384 e. The summed E-state index contributed by atoms with van der Waals surface area (Å²) < 4.78 is 0. The fourth-order valence-electron chi connectivity index (χ4n) is 2.62. The van der Waals surface area contributed by atoms with Gasteiger partial charge < -0.3 is 10.7 Å². The number of benzene rings is 1. The predicted octanol–water partition coefficient (Wildman–Crippen LogP) is 3.01. The van der Waals surface area contributed by atoms with Crippen LogP contribution in [0.2, 0.25) is 0 Å². The number of nitrogens with zero attached hydrogens (tertiary/aromatic N) is 1. The second-order valence-corrected chi connectivity index (χ2v) is 4.81. The maximum atomic E-state index is 8.92. The molecule has 1 aliphatic rings. The Kier molecular flexibility index (Phi) is 2.56. The lowest BCUT2D eigenvalue weighted by Crippen LogP contribution is -2.02. The van der Waals surface area contributed by atoms with Crippen molar-refractivity contribution in [3.8, 4) is 17.3 Å². The minimum absolute atomic E-state index is 0.449. The number of H-pyrrole nitrogens is 1. The van der Waals surface area contributed by atoms with E-state index in [1.54, 1.807) is 0 Å². The fourth-order valence-corrected chi connectivity index (χ4v) is 2.62. The molecule has 3 N–H and O–H groups in total. The average Bonchev–Trinajstić information content (AvgIpc) is 2.79. The van der Waals surface area contributed by atoms with E-state index in [-0.39, 0.29) is 0 Å². The Morgan fingerprint density at radius 2 is 1.89 bits per heavy atom. The summed E-state index contributed by atoms with van der Waals surface area (Å²) >= 11 is 0. The number of anilines is 1. The highest BCUT2D eigenvalue weighted by Crippen LogP contribution is 2.28. The third-order valence-corrected chi connectivity index (χ3v) is 3.63. The van der Waals surface area contributed by atoms with Gasteiger partial charge in [0.15, 0.2) is 0 Å². The van der Waals surface area contributed by atoms with Crippen molar-refractivity contribution in [3.05, 3.63) is 41.0 Å². The van der Waals surface area contributed by atoms with Crippen LogP contribution in [-0.2, 0) is 12.8 Å². The molecule has 0 aliphatic heterocycles. The molecule has 3 rings (SSSR count). The van der Waals surface area contributed by atoms with E-state index < -0.39 is 0 Å². The molecule has 90 valence electrons. The molecule has 1 aromatic carbocycles. The van der Waals surface area contributed by atoms with Crippen LogP contribution in [0.5, 0.6) is 0 Å². The van der Waals surface area contributed by atoms with Crippen molar-refractivity contribution >= 4 is 5.82 Å². The third kappa shape index (κ3) is 1.76. The number of nitrogens with one attached hydrogen (secondary N) is 1. The molecule has 0 atom stereocenters. The first kappa shape index (κ1) is 10.9. The summed E-state index contributed by atoms with van der Waals surface area (Å²) in [5.41, 5.74) is 11.2. The lowest BCUT2D eigenvalue weighted by atomic mass is 9.90. The Bertz CT molecular complexity index is 632. The molecule has 0 unspecified atom stereocenters. The molecule has 1 heterocycles. The SMILES string of the molecule is N#Cc1cc(-c2ccc3c(c2)CCCC3)[nH]c1N. The molecule has 18 heavy (non-hydrogen) atoms. The standard InChI is InChI=1S/C15H15N3/c16-9-13-8-14(18-15(13)17)12-6-5-10-3-1-2-4-11(10)7-12/h5-8,18H,1-4,17H2. The number of hydrogen-bond acceptors (Lipinski definition) is 2. The van der Waals surface area contributed by atoms with Crippen molar-refractivity contribution < 1.29 is 0 Å². The smallest absolute Gasteiger partial charge is 0.119 e. The first-order valence-electron chi connectivity index (χ1n) is 6.28. The van der Waals surface area contributed by atoms with Gasteiger partial charge in [0, 0.05) is 5.69 Å². The van der Waals surface area contributed by atoms with E-state index in [2.05, 4.69) is 29.3 Å². The Hall–Kier alpha value is -2.21. The molecule has 0 saturated heterocycles. The second-order valence-electron chi connectivity index (χ2n) is 4.81. The van der Waals surface area contributed by atoms with E-state index in [0.29, 0.717) is 11.4 Å². The van der Waals surface area contributed by atoms with E-state index in [0.717, 1.165) is 17.7 Å². The Morgan fingerprint density at radius 3 is 2.61 bits per heavy atom. The lowest BCUT2D eigenvalue weighted by Gasteiger charge is -2.16. The number of nitrogens with two attached hydrogens (primary N) is 1. The van der Waals surface area contributed by atoms with E-state index in [1.165, 1.54) is 30.4 Å². The molecular weight excluding hydrogens is 222 g/mol. The Labute approximate surface area is 106 Å². The summed E-state index contributed by atoms with van der Waals surface area (Å²) in [6, 6.07) is 10.4. The van der Waals surface area contributed by atoms with Crippen LogP contribution >= 0.6 is 0 Å². The van der Waals surface area contributed by atoms with Crippen molar-refractivity contribution in [1.82, 2.24) is 4.98 Å². The maximum absolute atomic E-state index is 8.92. The molecule has 1 aromatic heterocycles. The molecule has 0 radical (unpaired) electrons. The van der Waals surface area contributed by atoms with Crippen LogP contribution in [-0.4, -0.2) is 4.98 Å². The number of aromatic nitrogens is 1. The average molecular weight is 237 g/mol. The molecule has 0 amide bonds. The highest BCUT2D eigenvalue weighted by Gasteiger charge is 2.12. The zero-order valence-electron chi connectivity index (χ0n) is 10.2. The topological polar surface area (TPSA) is 65.6 Å². The summed E-state index contributed by atoms with van der Waals surface area (Å²) in [5.74, 6) is 0.449. The van der Waals surface area contributed by atoms with Gasteiger partial charge in [0.05, 0.1) is 5.56 Å². The number of nitrogen functional groups attached to an aromatic ring is 1. The molecule has 0 saturated carbocycles. The summed E-state index contributed by atoms with van der Waals surface area (Å²) in [7, 11) is 0. The predicted molar refractivity (Wildman–Crippen MR) is 72.0 cm³/mol. The minimum Gasteiger partial charge on any atom is -0.384 e. The van der Waals surface area contributed by atoms with Crippen LogP contribution in [0.3, 0.4) is 0 Å². The third-order valence-electron chi connectivity index (χ3n) is 3.63. The van der Waals surface area contributed by atoms with E-state index in [4.69, 9.17) is 11.0 Å². The van der Waals surface area contributed by atoms with Crippen LogP contribution in [0.4, 0.5) is 5.82 Å². The van der Waals surface area contributed by atoms with Crippen molar-refractivity contribution in [2.24, 2.45) is 0 Å². The van der Waals surface area contributed by atoms with Gasteiger partial charge in [0.1, 0.15) is 11.9 Å². The molecule has 2 aromatic rings. The quantitative estimate of drug-likeness (QED) is 0.800. The van der Waals surface area contributed by atoms with Gasteiger partial charge in [-0.15, -0.1) is 0 Å². The van der Waals surface area contributed by atoms with Gasteiger partial charge in [-0.05, 0) is 54.5 Å². The molecule has 1 aliphatic carbocycles. The van der Waals surface area contributed by atoms with Gasteiger partial charge in [-0.3, -0.25) is 0 Å². The first-order valence-corrected chi connectivity index (χ1v) is 6.28. The number of fused-ring (bicyclic) bond motifs is 1. The van der Waals surface area contributed by atoms with Crippen molar-refractivity contribution in [3.63, 3.8) is 0 Å². The number of aryl methyl sites for hydroxylation is 2. The van der Waals surface area contributed by atoms with Crippen molar-refractivity contribution in [1.29, 1.82) is 5.26 Å². The van der Waals surface area contributed by atoms with Gasteiger partial charge >= 0.3 is 0 Å². The molecular formula is C15H15N3. The number of rotatable bonds is 1. The van der Waals surface area contributed by atoms with Crippen LogP contribution in [0.15, 0.2) is 24.3 Å². The van der Waals surface area contributed by atoms with Crippen molar-refractivity contribution in [2.75, 3.05) is 5.73 Å². The van der Waals surface area contributed by atoms with Gasteiger partial charge in [-0.25, -0.2) is 0 Å². The van der Waals surface area contributed by atoms with E-state index >= 15 is 0 Å². The second kappa shape index (κ2) is 4.23. The van der Waals surface area contributed by atoms with Crippen LogP contribution in [0, 0.1) is 11.3 Å². The highest BCUT2D eigenvalue weighted by molar-refractivity contribution is 5.68. The zero-order valence-corrected chi connectivity index (χ0v) is 10.2. The summed E-state index contributed by atoms with van der Waals surface area (Å²) in [6.45, 7) is 0. The molecule has 3 heteroatoms. The number of nitriles is 1. The van der Waals surface area contributed by atoms with Crippen LogP contribution < -0.4 is 5.73 Å². The summed E-state index contributed by atoms with van der Waals surface area (Å²) in [4.78, 5) is 3.07. The summed E-state index contributed by atoms with van der Waals surface area (Å²) in [6.07, 6.45) is 4.91. The van der Waals surface area contributed by atoms with Crippen LogP contribution in [0.25, 0.3) is 11.3 Å². The highest BCUT2D eigenvalue weighted by atomic mass is 14.9. The Balaban J connectivity index is 2.04. The van der Waals surface area contributed by atoms with Crippen molar-refractivity contribution in [2.45, 2.75) is 25.7 Å². The first-order chi connectivity index (χ1) is 8.78. The fraction of sp³-hybridized carbons (Fsp3) is 0.267. The summed E-state index contributed by atoms with van der Waals surface area (Å²) in [5, 5.41) is 8.92. The minimum atomic E-state index is 0.449. The van der Waals surface area contributed by atoms with Gasteiger partial charge in [-0.2, -0.15) is 5.26 Å². The normalized spacial score (nSPS) is 13.9. The molecule has 0 fully saturated rings. The van der Waals surface area contributed by atoms with Gasteiger partial charge in [0.2, 0.25) is 0 Å². The number of aromatic amines is 1. The van der Waals surface area contributed by atoms with E-state index in [9.17, 15) is 0 Å². The van der Waals surface area contributed by atoms with Gasteiger partial charge in [0.25, 0.3) is 0 Å². The van der Waals surface area contributed by atoms with E-state index in [1.807, 2.05) is 6.07 Å². The molecule has 0 bridgehead atoms. The Morgan fingerprint density at radius 1 is 1.11 bits per heavy atom. The molecule has 3 nitrogen and oxygen atoms in total. The zero-order chi connectivity index (χ0) is 12.5. The molecule has 0 spiro atoms. The van der Waals surface area contributed by atoms with Crippen LogP contribution in [0.1, 0.15) is 29.5 Å². The monoisotopic (exact) mass is 237 g/mol. The number of hydrogen-bond donors (Lipinski definition) is 2. The van der Waals surface area contributed by atoms with Gasteiger partial charge in [-0.1, -0.05) is 12.1 Å². The lowest BCUT2D eigenvalue weighted by molar-refractivity contribution is 0.686.